The van der Waals surface area contributed by atoms with Gasteiger partial charge >= 0.3 is 5.97 Å². The highest BCUT2D eigenvalue weighted by atomic mass is 79.9. The summed E-state index contributed by atoms with van der Waals surface area (Å²) in [6, 6.07) is 26.0. The molecule has 5 aromatic rings. The van der Waals surface area contributed by atoms with Crippen molar-refractivity contribution in [1.82, 2.24) is 5.43 Å². The predicted molar refractivity (Wildman–Crippen MR) is 167 cm³/mol. The Labute approximate surface area is 252 Å². The summed E-state index contributed by atoms with van der Waals surface area (Å²) in [6.45, 7) is 1.97. The molecule has 4 aromatic carbocycles. The topological polar surface area (TPSA) is 96.9 Å². The molecule has 0 spiro atoms. The van der Waals surface area contributed by atoms with Crippen molar-refractivity contribution in [3.05, 3.63) is 128 Å². The van der Waals surface area contributed by atoms with E-state index >= 15 is 0 Å². The van der Waals surface area contributed by atoms with Gasteiger partial charge < -0.3 is 10.1 Å². The van der Waals surface area contributed by atoms with E-state index in [9.17, 15) is 14.4 Å². The third-order valence-electron chi connectivity index (χ3n) is 5.97. The standard InChI is InChI=1S/C31H21BrClN3O4S/c1-18-6-15-24-26(16-18)41-28(27(24)33)31(39)40-25-5-3-2-4-21(25)17-34-36-30(38)20-9-13-23(14-10-20)35-29(37)19-7-11-22(32)12-8-19/h2-17H,1H3,(H,35,37)(H,36,38)/b34-17-. The number of hydrogen-bond acceptors (Lipinski definition) is 6. The van der Waals surface area contributed by atoms with Crippen molar-refractivity contribution in [1.29, 1.82) is 0 Å². The number of anilines is 1. The van der Waals surface area contributed by atoms with Crippen LogP contribution in [0.1, 0.15) is 41.5 Å². The molecule has 5 rings (SSSR count). The lowest BCUT2D eigenvalue weighted by molar-refractivity contribution is 0.0739. The highest BCUT2D eigenvalue weighted by Crippen LogP contribution is 2.36. The maximum atomic E-state index is 13.0. The van der Waals surface area contributed by atoms with Gasteiger partial charge in [0.25, 0.3) is 11.8 Å². The molecular formula is C31H21BrClN3O4S. The van der Waals surface area contributed by atoms with E-state index in [2.05, 4.69) is 31.8 Å². The number of aryl methyl sites for hydroxylation is 1. The van der Waals surface area contributed by atoms with Gasteiger partial charge in [0.15, 0.2) is 0 Å². The third-order valence-corrected chi connectivity index (χ3v) is 8.14. The number of carbonyl (C=O) groups excluding carboxylic acids is 3. The number of nitrogens with zero attached hydrogens (tertiary/aromatic N) is 1. The summed E-state index contributed by atoms with van der Waals surface area (Å²) in [5.74, 6) is -1.02. The fourth-order valence-corrected chi connectivity index (χ4v) is 5.61. The molecule has 0 saturated heterocycles. The summed E-state index contributed by atoms with van der Waals surface area (Å²) < 4.78 is 7.42. The van der Waals surface area contributed by atoms with E-state index in [0.717, 1.165) is 20.1 Å². The first kappa shape index (κ1) is 28.2. The van der Waals surface area contributed by atoms with Gasteiger partial charge in [0.05, 0.1) is 11.2 Å². The Morgan fingerprint density at radius 1 is 0.902 bits per heavy atom. The van der Waals surface area contributed by atoms with E-state index in [1.807, 2.05) is 25.1 Å². The molecule has 0 aliphatic heterocycles. The van der Waals surface area contributed by atoms with Crippen LogP contribution in [0, 0.1) is 6.92 Å². The fraction of sp³-hybridized carbons (Fsp3) is 0.0323. The number of fused-ring (bicyclic) bond motifs is 1. The second-order valence-electron chi connectivity index (χ2n) is 8.91. The molecule has 7 nitrogen and oxygen atoms in total. The minimum Gasteiger partial charge on any atom is -0.422 e. The van der Waals surface area contributed by atoms with Crippen LogP contribution in [0.25, 0.3) is 10.1 Å². The second-order valence-corrected chi connectivity index (χ2v) is 11.3. The summed E-state index contributed by atoms with van der Waals surface area (Å²) in [7, 11) is 0. The van der Waals surface area contributed by atoms with Gasteiger partial charge in [0, 0.05) is 36.9 Å². The van der Waals surface area contributed by atoms with Gasteiger partial charge in [-0.15, -0.1) is 11.3 Å². The van der Waals surface area contributed by atoms with E-state index < -0.39 is 11.9 Å². The van der Waals surface area contributed by atoms with Crippen molar-refractivity contribution in [2.75, 3.05) is 5.32 Å². The number of rotatable bonds is 7. The van der Waals surface area contributed by atoms with Gasteiger partial charge in [-0.05, 0) is 79.2 Å². The summed E-state index contributed by atoms with van der Waals surface area (Å²) in [5.41, 5.74) is 5.42. The monoisotopic (exact) mass is 645 g/mol. The van der Waals surface area contributed by atoms with Crippen molar-refractivity contribution in [2.45, 2.75) is 6.92 Å². The van der Waals surface area contributed by atoms with Gasteiger partial charge in [-0.2, -0.15) is 5.10 Å². The van der Waals surface area contributed by atoms with E-state index in [1.54, 1.807) is 72.8 Å². The number of halogens is 2. The Kier molecular flexibility index (Phi) is 8.58. The molecule has 0 unspecified atom stereocenters. The number of amides is 2. The van der Waals surface area contributed by atoms with Crippen molar-refractivity contribution in [3.63, 3.8) is 0 Å². The normalized spacial score (nSPS) is 11.0. The molecule has 1 heterocycles. The first-order valence-electron chi connectivity index (χ1n) is 12.3. The number of nitrogens with one attached hydrogen (secondary N) is 2. The molecule has 0 fully saturated rings. The summed E-state index contributed by atoms with van der Waals surface area (Å²) in [6.07, 6.45) is 1.39. The molecule has 0 saturated carbocycles. The molecule has 204 valence electrons. The van der Waals surface area contributed by atoms with Gasteiger partial charge in [-0.1, -0.05) is 51.8 Å². The fourth-order valence-electron chi connectivity index (χ4n) is 3.86. The van der Waals surface area contributed by atoms with Crippen LogP contribution in [0.4, 0.5) is 5.69 Å². The number of ether oxygens (including phenoxy) is 1. The van der Waals surface area contributed by atoms with Crippen LogP contribution < -0.4 is 15.5 Å². The minimum atomic E-state index is -0.578. The van der Waals surface area contributed by atoms with E-state index in [-0.39, 0.29) is 11.7 Å². The lowest BCUT2D eigenvalue weighted by atomic mass is 10.1. The van der Waals surface area contributed by atoms with Crippen LogP contribution in [0.15, 0.2) is 101 Å². The Morgan fingerprint density at radius 3 is 2.34 bits per heavy atom. The van der Waals surface area contributed by atoms with Crippen LogP contribution in [0.3, 0.4) is 0 Å². The van der Waals surface area contributed by atoms with Crippen LogP contribution in [-0.2, 0) is 0 Å². The van der Waals surface area contributed by atoms with Crippen molar-refractivity contribution < 1.29 is 19.1 Å². The minimum absolute atomic E-state index is 0.261. The molecular weight excluding hydrogens is 626 g/mol. The Bertz CT molecular complexity index is 1800. The zero-order chi connectivity index (χ0) is 28.9. The highest BCUT2D eigenvalue weighted by molar-refractivity contribution is 9.10. The largest absolute Gasteiger partial charge is 0.422 e. The van der Waals surface area contributed by atoms with Crippen LogP contribution in [0.5, 0.6) is 5.75 Å². The van der Waals surface area contributed by atoms with E-state index in [0.29, 0.717) is 32.3 Å². The second kappa shape index (κ2) is 12.5. The molecule has 0 radical (unpaired) electrons. The Balaban J connectivity index is 1.21. The molecule has 0 aliphatic rings. The number of thiophene rings is 1. The predicted octanol–water partition coefficient (Wildman–Crippen LogP) is 7.86. The average Bonchev–Trinajstić information content (AvgIpc) is 3.29. The summed E-state index contributed by atoms with van der Waals surface area (Å²) in [4.78, 5) is 38.3. The van der Waals surface area contributed by atoms with E-state index in [1.165, 1.54) is 17.6 Å². The summed E-state index contributed by atoms with van der Waals surface area (Å²) in [5, 5.41) is 7.97. The first-order chi connectivity index (χ1) is 19.8. The SMILES string of the molecule is Cc1ccc2c(Cl)c(C(=O)Oc3ccccc3/C=N\NC(=O)c3ccc(NC(=O)c4ccc(Br)cc4)cc3)sc2c1. The lowest BCUT2D eigenvalue weighted by Crippen LogP contribution is -2.18. The van der Waals surface area contributed by atoms with Crippen molar-refractivity contribution in [3.8, 4) is 5.75 Å². The number of carbonyl (C=O) groups is 3. The first-order valence-corrected chi connectivity index (χ1v) is 14.3. The number of esters is 1. The molecule has 1 aromatic heterocycles. The quantitative estimate of drug-likeness (QED) is 0.0814. The number of benzene rings is 4. The zero-order valence-electron chi connectivity index (χ0n) is 21.5. The highest BCUT2D eigenvalue weighted by Gasteiger charge is 2.20. The van der Waals surface area contributed by atoms with Crippen molar-refractivity contribution >= 4 is 78.6 Å². The maximum absolute atomic E-state index is 13.0. The molecule has 0 atom stereocenters. The van der Waals surface area contributed by atoms with Crippen LogP contribution in [0.2, 0.25) is 5.02 Å². The maximum Gasteiger partial charge on any atom is 0.355 e. The zero-order valence-corrected chi connectivity index (χ0v) is 24.6. The number of hydrogen-bond donors (Lipinski definition) is 2. The molecule has 0 aliphatic carbocycles. The van der Waals surface area contributed by atoms with Crippen LogP contribution >= 0.6 is 38.9 Å². The average molecular weight is 647 g/mol. The molecule has 2 amide bonds. The smallest absolute Gasteiger partial charge is 0.355 e. The van der Waals surface area contributed by atoms with Crippen LogP contribution in [-0.4, -0.2) is 24.0 Å². The number of para-hydroxylation sites is 1. The van der Waals surface area contributed by atoms with E-state index in [4.69, 9.17) is 16.3 Å². The van der Waals surface area contributed by atoms with Gasteiger partial charge in [0.1, 0.15) is 10.6 Å². The molecule has 10 heteroatoms. The summed E-state index contributed by atoms with van der Waals surface area (Å²) >= 11 is 11.1. The van der Waals surface area contributed by atoms with Crippen molar-refractivity contribution in [2.24, 2.45) is 5.10 Å². The Morgan fingerprint density at radius 2 is 1.59 bits per heavy atom. The molecule has 2 N–H and O–H groups in total. The lowest BCUT2D eigenvalue weighted by Gasteiger charge is -2.07. The molecule has 0 bridgehead atoms. The van der Waals surface area contributed by atoms with Gasteiger partial charge in [0.2, 0.25) is 0 Å². The van der Waals surface area contributed by atoms with Gasteiger partial charge in [-0.3, -0.25) is 9.59 Å². The van der Waals surface area contributed by atoms with Gasteiger partial charge in [-0.25, -0.2) is 10.2 Å². The molecule has 41 heavy (non-hydrogen) atoms. The number of hydrazone groups is 1. The Hall–Kier alpha value is -4.31. The third kappa shape index (κ3) is 6.71.